The van der Waals surface area contributed by atoms with Crippen molar-refractivity contribution in [1.82, 2.24) is 4.90 Å². The van der Waals surface area contributed by atoms with Crippen molar-refractivity contribution in [3.05, 3.63) is 35.4 Å². The highest BCUT2D eigenvalue weighted by molar-refractivity contribution is 5.81. The van der Waals surface area contributed by atoms with E-state index in [1.165, 1.54) is 0 Å². The molecule has 0 spiro atoms. The van der Waals surface area contributed by atoms with Gasteiger partial charge in [0.25, 0.3) is 0 Å². The van der Waals surface area contributed by atoms with Crippen molar-refractivity contribution in [3.63, 3.8) is 0 Å². The number of carbonyl (C=O) groups is 2. The van der Waals surface area contributed by atoms with Crippen molar-refractivity contribution in [1.29, 1.82) is 0 Å². The summed E-state index contributed by atoms with van der Waals surface area (Å²) in [4.78, 5) is 25.0. The molecule has 1 amide bonds. The van der Waals surface area contributed by atoms with E-state index in [-0.39, 0.29) is 18.2 Å². The number of rotatable bonds is 4. The van der Waals surface area contributed by atoms with Gasteiger partial charge in [-0.1, -0.05) is 31.2 Å². The van der Waals surface area contributed by atoms with Gasteiger partial charge in [0.05, 0.1) is 12.3 Å². The number of nitrogens with two attached hydrogens (primary N) is 1. The maximum atomic E-state index is 12.3. The molecule has 108 valence electrons. The second-order valence-corrected chi connectivity index (χ2v) is 5.37. The minimum atomic E-state index is -0.824. The molecule has 1 fully saturated rings. The van der Waals surface area contributed by atoms with E-state index in [0.717, 1.165) is 11.1 Å². The summed E-state index contributed by atoms with van der Waals surface area (Å²) in [5.74, 6) is -1.30. The van der Waals surface area contributed by atoms with Crippen LogP contribution in [0, 0.1) is 11.8 Å². The molecule has 1 heterocycles. The summed E-state index contributed by atoms with van der Waals surface area (Å²) in [5.41, 5.74) is 7.54. The molecule has 0 saturated carbocycles. The number of carboxylic acids is 1. The van der Waals surface area contributed by atoms with Crippen molar-refractivity contribution in [2.75, 3.05) is 13.1 Å². The molecule has 2 atom stereocenters. The van der Waals surface area contributed by atoms with Gasteiger partial charge in [-0.15, -0.1) is 0 Å². The lowest BCUT2D eigenvalue weighted by Gasteiger charge is -2.17. The average Bonchev–Trinajstić information content (AvgIpc) is 2.81. The zero-order chi connectivity index (χ0) is 14.7. The van der Waals surface area contributed by atoms with Crippen LogP contribution in [0.1, 0.15) is 18.1 Å². The van der Waals surface area contributed by atoms with Crippen LogP contribution >= 0.6 is 0 Å². The maximum Gasteiger partial charge on any atom is 0.308 e. The molecule has 0 aromatic heterocycles. The minimum Gasteiger partial charge on any atom is -0.481 e. The summed E-state index contributed by atoms with van der Waals surface area (Å²) >= 11 is 0. The molecule has 0 unspecified atom stereocenters. The Labute approximate surface area is 118 Å². The van der Waals surface area contributed by atoms with Crippen LogP contribution in [0.2, 0.25) is 0 Å². The van der Waals surface area contributed by atoms with E-state index in [0.29, 0.717) is 19.6 Å². The Balaban J connectivity index is 2.04. The van der Waals surface area contributed by atoms with Crippen LogP contribution in [0.5, 0.6) is 0 Å². The molecular weight excluding hydrogens is 256 g/mol. The standard InChI is InChI=1S/C15H20N2O3/c1-10-8-17(9-13(10)15(19)20)14(18)6-11-4-2-3-5-12(11)7-16/h2-5,10,13H,6-9,16H2,1H3,(H,19,20)/t10-,13-/m1/s1. The van der Waals surface area contributed by atoms with E-state index < -0.39 is 11.9 Å². The van der Waals surface area contributed by atoms with E-state index in [2.05, 4.69) is 0 Å². The topological polar surface area (TPSA) is 83.6 Å². The number of hydrogen-bond donors (Lipinski definition) is 2. The molecule has 0 radical (unpaired) electrons. The van der Waals surface area contributed by atoms with Crippen LogP contribution in [-0.4, -0.2) is 35.0 Å². The van der Waals surface area contributed by atoms with Crippen LogP contribution in [-0.2, 0) is 22.6 Å². The van der Waals surface area contributed by atoms with Gasteiger partial charge >= 0.3 is 5.97 Å². The fourth-order valence-electron chi connectivity index (χ4n) is 2.70. The van der Waals surface area contributed by atoms with Gasteiger partial charge in [-0.2, -0.15) is 0 Å². The van der Waals surface area contributed by atoms with E-state index in [9.17, 15) is 9.59 Å². The Morgan fingerprint density at radius 3 is 2.50 bits per heavy atom. The first-order chi connectivity index (χ1) is 9.52. The van der Waals surface area contributed by atoms with Gasteiger partial charge in [-0.25, -0.2) is 0 Å². The molecule has 20 heavy (non-hydrogen) atoms. The van der Waals surface area contributed by atoms with Crippen LogP contribution < -0.4 is 5.73 Å². The molecule has 1 aromatic carbocycles. The van der Waals surface area contributed by atoms with Crippen molar-refractivity contribution < 1.29 is 14.7 Å². The lowest BCUT2D eigenvalue weighted by molar-refractivity contribution is -0.142. The molecular formula is C15H20N2O3. The summed E-state index contributed by atoms with van der Waals surface area (Å²) in [7, 11) is 0. The first-order valence-corrected chi connectivity index (χ1v) is 6.80. The first kappa shape index (κ1) is 14.5. The second-order valence-electron chi connectivity index (χ2n) is 5.37. The molecule has 5 heteroatoms. The lowest BCUT2D eigenvalue weighted by Crippen LogP contribution is -2.31. The SMILES string of the molecule is C[C@@H]1CN(C(=O)Cc2ccccc2CN)C[C@H]1C(=O)O. The number of nitrogens with zero attached hydrogens (tertiary/aromatic N) is 1. The van der Waals surface area contributed by atoms with E-state index in [4.69, 9.17) is 10.8 Å². The fourth-order valence-corrected chi connectivity index (χ4v) is 2.70. The Kier molecular flexibility index (Phi) is 4.39. The Morgan fingerprint density at radius 2 is 1.95 bits per heavy atom. The lowest BCUT2D eigenvalue weighted by atomic mass is 9.99. The average molecular weight is 276 g/mol. The highest BCUT2D eigenvalue weighted by atomic mass is 16.4. The normalized spacial score (nSPS) is 22.0. The third kappa shape index (κ3) is 2.99. The third-order valence-electron chi connectivity index (χ3n) is 3.96. The van der Waals surface area contributed by atoms with E-state index >= 15 is 0 Å². The summed E-state index contributed by atoms with van der Waals surface area (Å²) in [6.07, 6.45) is 0.284. The van der Waals surface area contributed by atoms with Gasteiger partial charge in [0.1, 0.15) is 0 Å². The van der Waals surface area contributed by atoms with Gasteiger partial charge in [0.15, 0.2) is 0 Å². The predicted octanol–water partition coefficient (Wildman–Crippen LogP) is 0.867. The molecule has 2 rings (SSSR count). The number of carboxylic acid groups (broad SMARTS) is 1. The minimum absolute atomic E-state index is 0.00111. The molecule has 0 bridgehead atoms. The molecule has 1 aromatic rings. The number of carbonyl (C=O) groups excluding carboxylic acids is 1. The van der Waals surface area contributed by atoms with Crippen LogP contribution in [0.4, 0.5) is 0 Å². The van der Waals surface area contributed by atoms with Crippen molar-refractivity contribution in [2.24, 2.45) is 17.6 Å². The number of likely N-dealkylation sites (tertiary alicyclic amines) is 1. The maximum absolute atomic E-state index is 12.3. The number of benzene rings is 1. The zero-order valence-corrected chi connectivity index (χ0v) is 11.6. The van der Waals surface area contributed by atoms with Gasteiger partial charge in [-0.05, 0) is 17.0 Å². The smallest absolute Gasteiger partial charge is 0.308 e. The first-order valence-electron chi connectivity index (χ1n) is 6.80. The van der Waals surface area contributed by atoms with Crippen molar-refractivity contribution in [2.45, 2.75) is 19.9 Å². The summed E-state index contributed by atoms with van der Waals surface area (Å²) in [6, 6.07) is 7.59. The molecule has 5 nitrogen and oxygen atoms in total. The molecule has 3 N–H and O–H groups in total. The summed E-state index contributed by atoms with van der Waals surface area (Å²) < 4.78 is 0. The third-order valence-corrected chi connectivity index (χ3v) is 3.96. The monoisotopic (exact) mass is 276 g/mol. The fraction of sp³-hybridized carbons (Fsp3) is 0.467. The summed E-state index contributed by atoms with van der Waals surface area (Å²) in [6.45, 7) is 3.10. The molecule has 0 aliphatic carbocycles. The van der Waals surface area contributed by atoms with Crippen LogP contribution in [0.25, 0.3) is 0 Å². The second kappa shape index (κ2) is 6.05. The molecule has 1 aliphatic heterocycles. The highest BCUT2D eigenvalue weighted by Gasteiger charge is 2.36. The zero-order valence-electron chi connectivity index (χ0n) is 11.6. The highest BCUT2D eigenvalue weighted by Crippen LogP contribution is 2.24. The number of aliphatic carboxylic acids is 1. The van der Waals surface area contributed by atoms with Crippen LogP contribution in [0.15, 0.2) is 24.3 Å². The van der Waals surface area contributed by atoms with Crippen molar-refractivity contribution >= 4 is 11.9 Å². The molecule has 1 aliphatic rings. The Morgan fingerprint density at radius 1 is 1.30 bits per heavy atom. The van der Waals surface area contributed by atoms with Crippen LogP contribution in [0.3, 0.4) is 0 Å². The van der Waals surface area contributed by atoms with Crippen molar-refractivity contribution in [3.8, 4) is 0 Å². The quantitative estimate of drug-likeness (QED) is 0.854. The van der Waals surface area contributed by atoms with Gasteiger partial charge in [-0.3, -0.25) is 9.59 Å². The largest absolute Gasteiger partial charge is 0.481 e. The Bertz CT molecular complexity index is 516. The van der Waals surface area contributed by atoms with E-state index in [1.54, 1.807) is 4.90 Å². The van der Waals surface area contributed by atoms with E-state index in [1.807, 2.05) is 31.2 Å². The number of amides is 1. The van der Waals surface area contributed by atoms with Gasteiger partial charge in [0.2, 0.25) is 5.91 Å². The number of hydrogen-bond acceptors (Lipinski definition) is 3. The van der Waals surface area contributed by atoms with Gasteiger partial charge in [0, 0.05) is 19.6 Å². The summed E-state index contributed by atoms with van der Waals surface area (Å²) in [5, 5.41) is 9.10. The van der Waals surface area contributed by atoms with Gasteiger partial charge < -0.3 is 15.7 Å². The predicted molar refractivity (Wildman–Crippen MR) is 74.9 cm³/mol. The molecule has 1 saturated heterocycles. The Hall–Kier alpha value is -1.88.